The molecule has 0 atom stereocenters. The zero-order chi connectivity index (χ0) is 14.0. The Hall–Kier alpha value is -0.760. The summed E-state index contributed by atoms with van der Waals surface area (Å²) in [5.74, 6) is 2.52. The number of rotatable bonds is 5. The Morgan fingerprint density at radius 1 is 1.32 bits per heavy atom. The zero-order valence-electron chi connectivity index (χ0n) is 12.5. The van der Waals surface area contributed by atoms with Gasteiger partial charge in [0.2, 0.25) is 0 Å². The van der Waals surface area contributed by atoms with E-state index in [1.54, 1.807) is 0 Å². The lowest BCUT2D eigenvalue weighted by Gasteiger charge is -2.26. The van der Waals surface area contributed by atoms with Crippen LogP contribution < -0.4 is 4.90 Å². The van der Waals surface area contributed by atoms with Crippen LogP contribution in [0.2, 0.25) is 0 Å². The van der Waals surface area contributed by atoms with E-state index in [1.165, 1.54) is 18.4 Å². The highest BCUT2D eigenvalue weighted by molar-refractivity contribution is 6.17. The van der Waals surface area contributed by atoms with E-state index in [9.17, 15) is 0 Å². The van der Waals surface area contributed by atoms with Gasteiger partial charge in [-0.2, -0.15) is 0 Å². The summed E-state index contributed by atoms with van der Waals surface area (Å²) in [7, 11) is 0. The topological polar surface area (TPSA) is 16.1 Å². The van der Waals surface area contributed by atoms with Crippen LogP contribution in [0.1, 0.15) is 51.8 Å². The van der Waals surface area contributed by atoms with E-state index in [0.717, 1.165) is 30.5 Å². The smallest absolute Gasteiger partial charge is 0.129 e. The van der Waals surface area contributed by atoms with Gasteiger partial charge in [-0.1, -0.05) is 20.8 Å². The molecular weight excluding hydrogens is 256 g/mol. The Morgan fingerprint density at radius 3 is 2.47 bits per heavy atom. The maximum absolute atomic E-state index is 6.04. The first kappa shape index (κ1) is 14.6. The summed E-state index contributed by atoms with van der Waals surface area (Å²) in [4.78, 5) is 7.26. The number of pyridine rings is 1. The number of nitrogens with zero attached hydrogens (tertiary/aromatic N) is 2. The Labute approximate surface area is 122 Å². The first-order chi connectivity index (χ1) is 8.94. The van der Waals surface area contributed by atoms with Crippen LogP contribution in [0.3, 0.4) is 0 Å². The van der Waals surface area contributed by atoms with Crippen molar-refractivity contribution in [3.63, 3.8) is 0 Å². The molecule has 1 fully saturated rings. The number of hydrogen-bond donors (Lipinski definition) is 0. The summed E-state index contributed by atoms with van der Waals surface area (Å²) in [6.07, 6.45) is 2.75. The van der Waals surface area contributed by atoms with Crippen molar-refractivity contribution in [2.75, 3.05) is 18.0 Å². The molecule has 1 saturated carbocycles. The van der Waals surface area contributed by atoms with Gasteiger partial charge in [-0.15, -0.1) is 11.6 Å². The van der Waals surface area contributed by atoms with Gasteiger partial charge in [-0.25, -0.2) is 4.98 Å². The number of alkyl halides is 1. The number of anilines is 1. The van der Waals surface area contributed by atoms with E-state index in [1.807, 2.05) is 0 Å². The quantitative estimate of drug-likeness (QED) is 0.745. The molecule has 2 rings (SSSR count). The molecule has 0 spiro atoms. The lowest BCUT2D eigenvalue weighted by atomic mass is 9.91. The monoisotopic (exact) mass is 280 g/mol. The molecular formula is C16H25ClN2. The standard InChI is InChI=1S/C16H25ClN2/c1-5-19(11-12-6-7-12)15-9-13(10-17)8-14(18-15)16(2,3)4/h8-9,12H,5-7,10-11H2,1-4H3. The second-order valence-corrected chi connectivity index (χ2v) is 6.85. The molecule has 0 aliphatic heterocycles. The first-order valence-corrected chi connectivity index (χ1v) is 7.80. The molecule has 1 aliphatic carbocycles. The van der Waals surface area contributed by atoms with Crippen LogP contribution in [0.4, 0.5) is 5.82 Å². The number of aromatic nitrogens is 1. The van der Waals surface area contributed by atoms with Crippen LogP contribution in [0, 0.1) is 5.92 Å². The normalized spacial score (nSPS) is 15.6. The van der Waals surface area contributed by atoms with Gasteiger partial charge in [0.25, 0.3) is 0 Å². The Bertz CT molecular complexity index is 433. The van der Waals surface area contributed by atoms with Gasteiger partial charge >= 0.3 is 0 Å². The molecule has 106 valence electrons. The Morgan fingerprint density at radius 2 is 2.00 bits per heavy atom. The molecule has 1 heterocycles. The molecule has 19 heavy (non-hydrogen) atoms. The average Bonchev–Trinajstić information content (AvgIpc) is 3.18. The van der Waals surface area contributed by atoms with Gasteiger partial charge in [0.15, 0.2) is 0 Å². The number of hydrogen-bond acceptors (Lipinski definition) is 2. The lowest BCUT2D eigenvalue weighted by Crippen LogP contribution is -2.27. The van der Waals surface area contributed by atoms with Crippen LogP contribution in [0.5, 0.6) is 0 Å². The highest BCUT2D eigenvalue weighted by Crippen LogP contribution is 2.32. The van der Waals surface area contributed by atoms with Crippen LogP contribution >= 0.6 is 11.6 Å². The minimum absolute atomic E-state index is 0.0653. The second kappa shape index (κ2) is 5.70. The molecule has 1 aromatic rings. The SMILES string of the molecule is CCN(CC1CC1)c1cc(CCl)cc(C(C)(C)C)n1. The summed E-state index contributed by atoms with van der Waals surface area (Å²) in [6.45, 7) is 11.0. The van der Waals surface area contributed by atoms with E-state index in [-0.39, 0.29) is 5.41 Å². The van der Waals surface area contributed by atoms with Crippen molar-refractivity contribution in [1.82, 2.24) is 4.98 Å². The molecule has 0 N–H and O–H groups in total. The second-order valence-electron chi connectivity index (χ2n) is 6.58. The highest BCUT2D eigenvalue weighted by Gasteiger charge is 2.25. The minimum atomic E-state index is 0.0653. The van der Waals surface area contributed by atoms with Crippen molar-refractivity contribution in [1.29, 1.82) is 0 Å². The van der Waals surface area contributed by atoms with Gasteiger partial charge < -0.3 is 4.90 Å². The van der Waals surface area contributed by atoms with Crippen molar-refractivity contribution >= 4 is 17.4 Å². The first-order valence-electron chi connectivity index (χ1n) is 7.26. The zero-order valence-corrected chi connectivity index (χ0v) is 13.3. The molecule has 0 amide bonds. The third-order valence-corrected chi connectivity index (χ3v) is 3.98. The van der Waals surface area contributed by atoms with Crippen molar-refractivity contribution in [3.8, 4) is 0 Å². The molecule has 1 aliphatic rings. The summed E-state index contributed by atoms with van der Waals surface area (Å²) >= 11 is 6.04. The van der Waals surface area contributed by atoms with Crippen LogP contribution in [0.15, 0.2) is 12.1 Å². The third kappa shape index (κ3) is 3.85. The molecule has 0 saturated heterocycles. The van der Waals surface area contributed by atoms with Crippen molar-refractivity contribution in [2.45, 2.75) is 51.8 Å². The highest BCUT2D eigenvalue weighted by atomic mass is 35.5. The number of halogens is 1. The molecule has 0 radical (unpaired) electrons. The predicted molar refractivity (Wildman–Crippen MR) is 83.1 cm³/mol. The maximum Gasteiger partial charge on any atom is 0.129 e. The van der Waals surface area contributed by atoms with E-state index in [4.69, 9.17) is 16.6 Å². The minimum Gasteiger partial charge on any atom is -0.357 e. The summed E-state index contributed by atoms with van der Waals surface area (Å²) in [6, 6.07) is 4.29. The van der Waals surface area contributed by atoms with E-state index in [2.05, 4.69) is 44.7 Å². The summed E-state index contributed by atoms with van der Waals surface area (Å²) in [5, 5.41) is 0. The van der Waals surface area contributed by atoms with Crippen molar-refractivity contribution in [3.05, 3.63) is 23.4 Å². The van der Waals surface area contributed by atoms with Crippen LogP contribution in [-0.2, 0) is 11.3 Å². The van der Waals surface area contributed by atoms with Crippen molar-refractivity contribution in [2.24, 2.45) is 5.92 Å². The third-order valence-electron chi connectivity index (χ3n) is 3.68. The fraction of sp³-hybridized carbons (Fsp3) is 0.688. The fourth-order valence-electron chi connectivity index (χ4n) is 2.19. The Kier molecular flexibility index (Phi) is 4.39. The van der Waals surface area contributed by atoms with Crippen molar-refractivity contribution < 1.29 is 0 Å². The molecule has 0 aromatic carbocycles. The fourth-order valence-corrected chi connectivity index (χ4v) is 2.35. The van der Waals surface area contributed by atoms with Gasteiger partial charge in [0, 0.05) is 30.1 Å². The Balaban J connectivity index is 2.31. The van der Waals surface area contributed by atoms with Crippen LogP contribution in [0.25, 0.3) is 0 Å². The molecule has 2 nitrogen and oxygen atoms in total. The summed E-state index contributed by atoms with van der Waals surface area (Å²) in [5.41, 5.74) is 2.37. The average molecular weight is 281 g/mol. The molecule has 3 heteroatoms. The van der Waals surface area contributed by atoms with E-state index >= 15 is 0 Å². The van der Waals surface area contributed by atoms with Gasteiger partial charge in [-0.3, -0.25) is 0 Å². The van der Waals surface area contributed by atoms with Gasteiger partial charge in [0.1, 0.15) is 5.82 Å². The molecule has 0 unspecified atom stereocenters. The largest absolute Gasteiger partial charge is 0.357 e. The molecule has 1 aromatic heterocycles. The van der Waals surface area contributed by atoms with Gasteiger partial charge in [0.05, 0.1) is 0 Å². The summed E-state index contributed by atoms with van der Waals surface area (Å²) < 4.78 is 0. The maximum atomic E-state index is 6.04. The predicted octanol–water partition coefficient (Wildman–Crippen LogP) is 4.35. The van der Waals surface area contributed by atoms with Crippen LogP contribution in [-0.4, -0.2) is 18.1 Å². The lowest BCUT2D eigenvalue weighted by molar-refractivity contribution is 0.566. The van der Waals surface area contributed by atoms with Gasteiger partial charge in [-0.05, 0) is 43.4 Å². The van der Waals surface area contributed by atoms with E-state index in [0.29, 0.717) is 5.88 Å². The van der Waals surface area contributed by atoms with E-state index < -0.39 is 0 Å². The molecule has 0 bridgehead atoms.